The number of aromatic amines is 1. The van der Waals surface area contributed by atoms with Crippen molar-refractivity contribution in [3.05, 3.63) is 53.7 Å². The van der Waals surface area contributed by atoms with Crippen LogP contribution in [-0.2, 0) is 0 Å². The van der Waals surface area contributed by atoms with Gasteiger partial charge in [-0.25, -0.2) is 4.98 Å². The molecule has 0 bridgehead atoms. The van der Waals surface area contributed by atoms with Crippen LogP contribution in [0, 0.1) is 6.92 Å². The van der Waals surface area contributed by atoms with Crippen LogP contribution in [0.4, 0.5) is 10.9 Å². The quantitative estimate of drug-likeness (QED) is 0.597. The minimum absolute atomic E-state index is 0.778. The van der Waals surface area contributed by atoms with Gasteiger partial charge in [-0.05, 0) is 30.7 Å². The van der Waals surface area contributed by atoms with Crippen molar-refractivity contribution >= 4 is 33.2 Å². The van der Waals surface area contributed by atoms with E-state index in [-0.39, 0.29) is 0 Å². The predicted octanol–water partition coefficient (Wildman–Crippen LogP) is 4.13. The summed E-state index contributed by atoms with van der Waals surface area (Å²) in [6.07, 6.45) is 3.58. The lowest BCUT2D eigenvalue weighted by atomic mass is 10.1. The van der Waals surface area contributed by atoms with Gasteiger partial charge in [0.1, 0.15) is 0 Å². The van der Waals surface area contributed by atoms with Crippen molar-refractivity contribution in [3.8, 4) is 11.3 Å². The lowest BCUT2D eigenvalue weighted by molar-refractivity contribution is 1.12. The molecule has 2 N–H and O–H groups in total. The van der Waals surface area contributed by atoms with Crippen LogP contribution in [0.1, 0.15) is 5.56 Å². The number of nitrogens with zero attached hydrogens (tertiary/aromatic N) is 3. The van der Waals surface area contributed by atoms with Crippen molar-refractivity contribution < 1.29 is 0 Å². The van der Waals surface area contributed by atoms with Crippen LogP contribution in [-0.4, -0.2) is 20.2 Å². The fourth-order valence-corrected chi connectivity index (χ4v) is 2.96. The topological polar surface area (TPSA) is 66.5 Å². The van der Waals surface area contributed by atoms with E-state index in [4.69, 9.17) is 0 Å². The number of fused-ring (bicyclic) bond motifs is 1. The van der Waals surface area contributed by atoms with Crippen molar-refractivity contribution in [2.75, 3.05) is 5.32 Å². The average molecular weight is 307 g/mol. The summed E-state index contributed by atoms with van der Waals surface area (Å²) < 4.78 is 0. The van der Waals surface area contributed by atoms with E-state index in [9.17, 15) is 0 Å². The zero-order valence-electron chi connectivity index (χ0n) is 11.9. The highest BCUT2D eigenvalue weighted by atomic mass is 32.1. The second kappa shape index (κ2) is 5.23. The molecule has 1 aromatic carbocycles. The molecule has 5 nitrogen and oxygen atoms in total. The molecule has 3 heterocycles. The summed E-state index contributed by atoms with van der Waals surface area (Å²) in [4.78, 5) is 8.72. The Morgan fingerprint density at radius 3 is 2.91 bits per heavy atom. The molecule has 22 heavy (non-hydrogen) atoms. The molecule has 4 rings (SSSR count). The fourth-order valence-electron chi connectivity index (χ4n) is 2.43. The minimum atomic E-state index is 0.778. The number of H-pyrrole nitrogens is 1. The third-order valence-corrected chi connectivity index (χ3v) is 4.19. The van der Waals surface area contributed by atoms with Crippen molar-refractivity contribution in [2.24, 2.45) is 0 Å². The van der Waals surface area contributed by atoms with E-state index in [1.54, 1.807) is 17.5 Å². The fraction of sp³-hybridized carbons (Fsp3) is 0.0625. The lowest BCUT2D eigenvalue weighted by Gasteiger charge is -2.05. The van der Waals surface area contributed by atoms with Gasteiger partial charge in [0, 0.05) is 28.7 Å². The summed E-state index contributed by atoms with van der Waals surface area (Å²) in [7, 11) is 0. The standard InChI is InChI=1S/C16H13N5S/c1-10-3-2-6-17-14(10)11-4-5-13-12(9-11)15(21-20-13)19-16-18-7-8-22-16/h2-9H,1H3,(H2,18,19,20,21). The summed E-state index contributed by atoms with van der Waals surface area (Å²) >= 11 is 1.54. The molecule has 4 aromatic rings. The van der Waals surface area contributed by atoms with Gasteiger partial charge >= 0.3 is 0 Å². The zero-order chi connectivity index (χ0) is 14.9. The summed E-state index contributed by atoms with van der Waals surface area (Å²) in [5, 5.41) is 14.4. The Kier molecular flexibility index (Phi) is 3.08. The summed E-state index contributed by atoms with van der Waals surface area (Å²) in [5.41, 5.74) is 4.20. The van der Waals surface area contributed by atoms with E-state index in [0.29, 0.717) is 0 Å². The Morgan fingerprint density at radius 1 is 1.14 bits per heavy atom. The van der Waals surface area contributed by atoms with Gasteiger partial charge in [0.25, 0.3) is 0 Å². The molecular weight excluding hydrogens is 294 g/mol. The molecule has 0 radical (unpaired) electrons. The molecule has 0 aliphatic carbocycles. The number of benzene rings is 1. The van der Waals surface area contributed by atoms with Gasteiger partial charge in [0.15, 0.2) is 10.9 Å². The van der Waals surface area contributed by atoms with Gasteiger partial charge in [0.2, 0.25) is 0 Å². The summed E-state index contributed by atoms with van der Waals surface area (Å²) in [6.45, 7) is 2.07. The van der Waals surface area contributed by atoms with E-state index in [0.717, 1.165) is 38.7 Å². The van der Waals surface area contributed by atoms with Gasteiger partial charge < -0.3 is 5.32 Å². The maximum atomic E-state index is 4.48. The summed E-state index contributed by atoms with van der Waals surface area (Å²) in [5.74, 6) is 0.778. The Balaban J connectivity index is 1.81. The molecule has 108 valence electrons. The molecule has 0 saturated heterocycles. The van der Waals surface area contributed by atoms with E-state index >= 15 is 0 Å². The van der Waals surface area contributed by atoms with Crippen LogP contribution >= 0.6 is 11.3 Å². The molecule has 6 heteroatoms. The maximum Gasteiger partial charge on any atom is 0.188 e. The van der Waals surface area contributed by atoms with Crippen LogP contribution in [0.25, 0.3) is 22.2 Å². The molecule has 3 aromatic heterocycles. The molecule has 0 spiro atoms. The first-order valence-electron chi connectivity index (χ1n) is 6.88. The smallest absolute Gasteiger partial charge is 0.188 e. The molecule has 0 atom stereocenters. The number of hydrogen-bond acceptors (Lipinski definition) is 5. The predicted molar refractivity (Wildman–Crippen MR) is 89.5 cm³/mol. The van der Waals surface area contributed by atoms with Gasteiger partial charge in [0.05, 0.1) is 11.2 Å². The summed E-state index contributed by atoms with van der Waals surface area (Å²) in [6, 6.07) is 10.2. The van der Waals surface area contributed by atoms with E-state index in [1.807, 2.05) is 23.7 Å². The number of nitrogens with one attached hydrogen (secondary N) is 2. The highest BCUT2D eigenvalue weighted by Crippen LogP contribution is 2.29. The highest BCUT2D eigenvalue weighted by molar-refractivity contribution is 7.13. The number of pyridine rings is 1. The van der Waals surface area contributed by atoms with E-state index < -0.39 is 0 Å². The maximum absolute atomic E-state index is 4.48. The molecular formula is C16H13N5S. The second-order valence-corrected chi connectivity index (χ2v) is 5.86. The van der Waals surface area contributed by atoms with Crippen molar-refractivity contribution in [3.63, 3.8) is 0 Å². The van der Waals surface area contributed by atoms with E-state index in [1.165, 1.54) is 0 Å². The first-order chi connectivity index (χ1) is 10.8. The average Bonchev–Trinajstić information content (AvgIpc) is 3.18. The van der Waals surface area contributed by atoms with Crippen LogP contribution in [0.3, 0.4) is 0 Å². The highest BCUT2D eigenvalue weighted by Gasteiger charge is 2.10. The van der Waals surface area contributed by atoms with Crippen molar-refractivity contribution in [1.29, 1.82) is 0 Å². The Morgan fingerprint density at radius 2 is 2.09 bits per heavy atom. The molecule has 0 saturated carbocycles. The minimum Gasteiger partial charge on any atom is -0.314 e. The zero-order valence-corrected chi connectivity index (χ0v) is 12.7. The normalized spacial score (nSPS) is 11.0. The van der Waals surface area contributed by atoms with Crippen LogP contribution in [0.15, 0.2) is 48.1 Å². The van der Waals surface area contributed by atoms with Gasteiger partial charge in [-0.2, -0.15) is 5.10 Å². The number of rotatable bonds is 3. The lowest BCUT2D eigenvalue weighted by Crippen LogP contribution is -1.90. The van der Waals surface area contributed by atoms with E-state index in [2.05, 4.69) is 50.6 Å². The third-order valence-electron chi connectivity index (χ3n) is 3.50. The number of thiazole rings is 1. The molecule has 0 aliphatic rings. The monoisotopic (exact) mass is 307 g/mol. The van der Waals surface area contributed by atoms with Crippen LogP contribution < -0.4 is 5.32 Å². The van der Waals surface area contributed by atoms with Gasteiger partial charge in [-0.1, -0.05) is 12.1 Å². The Bertz CT molecular complexity index is 927. The first-order valence-corrected chi connectivity index (χ1v) is 7.76. The van der Waals surface area contributed by atoms with Gasteiger partial charge in [-0.3, -0.25) is 10.1 Å². The first kappa shape index (κ1) is 13.0. The molecule has 0 aliphatic heterocycles. The molecule has 0 unspecified atom stereocenters. The number of aromatic nitrogens is 4. The van der Waals surface area contributed by atoms with Crippen LogP contribution in [0.2, 0.25) is 0 Å². The molecule has 0 amide bonds. The van der Waals surface area contributed by atoms with Crippen LogP contribution in [0.5, 0.6) is 0 Å². The second-order valence-electron chi connectivity index (χ2n) is 4.96. The Labute approximate surface area is 131 Å². The number of aryl methyl sites for hydroxylation is 1. The largest absolute Gasteiger partial charge is 0.314 e. The van der Waals surface area contributed by atoms with Crippen molar-refractivity contribution in [1.82, 2.24) is 20.2 Å². The number of hydrogen-bond donors (Lipinski definition) is 2. The molecule has 0 fully saturated rings. The number of anilines is 2. The SMILES string of the molecule is Cc1cccnc1-c1ccc2[nH]nc(Nc3nccs3)c2c1. The van der Waals surface area contributed by atoms with Gasteiger partial charge in [-0.15, -0.1) is 11.3 Å². The third kappa shape index (κ3) is 2.23. The van der Waals surface area contributed by atoms with Crippen molar-refractivity contribution in [2.45, 2.75) is 6.92 Å². The Hall–Kier alpha value is -2.73.